The Morgan fingerprint density at radius 3 is 2.31 bits per heavy atom. The number of anilines is 1. The standard InChI is InChI=1S/C27H22N4O4/c1-27(20-13-11-18(17-28)12-14-20)25(34)31(26(35)30-27)16-15-23(32)29-22-10-6-5-9-21(22)24(33)19-7-3-2-4-8-19/h2-14H,15-16H2,1H3,(H,29,32)(H,30,35)/t27-/m0/s1. The number of nitrogens with zero attached hydrogens (tertiary/aromatic N) is 2. The van der Waals surface area contributed by atoms with Gasteiger partial charge in [-0.1, -0.05) is 54.6 Å². The van der Waals surface area contributed by atoms with Gasteiger partial charge in [-0.15, -0.1) is 0 Å². The first-order valence-electron chi connectivity index (χ1n) is 11.0. The van der Waals surface area contributed by atoms with Crippen molar-refractivity contribution >= 4 is 29.3 Å². The van der Waals surface area contributed by atoms with Gasteiger partial charge in [0.15, 0.2) is 5.78 Å². The molecule has 8 heteroatoms. The summed E-state index contributed by atoms with van der Waals surface area (Å²) in [5.74, 6) is -1.15. The van der Waals surface area contributed by atoms with Crippen LogP contribution < -0.4 is 10.6 Å². The maximum Gasteiger partial charge on any atom is 0.325 e. The molecule has 3 aromatic carbocycles. The highest BCUT2D eigenvalue weighted by molar-refractivity contribution is 6.14. The molecule has 8 nitrogen and oxygen atoms in total. The Morgan fingerprint density at radius 1 is 0.971 bits per heavy atom. The molecule has 1 fully saturated rings. The van der Waals surface area contributed by atoms with Crippen molar-refractivity contribution in [2.75, 3.05) is 11.9 Å². The molecule has 0 spiro atoms. The van der Waals surface area contributed by atoms with Crippen LogP contribution in [-0.2, 0) is 15.1 Å². The van der Waals surface area contributed by atoms with Crippen LogP contribution in [-0.4, -0.2) is 35.1 Å². The lowest BCUT2D eigenvalue weighted by atomic mass is 9.91. The minimum Gasteiger partial charge on any atom is -0.325 e. The van der Waals surface area contributed by atoms with Gasteiger partial charge in [0.25, 0.3) is 5.91 Å². The van der Waals surface area contributed by atoms with Crippen molar-refractivity contribution < 1.29 is 19.2 Å². The molecule has 3 aromatic rings. The minimum absolute atomic E-state index is 0.128. The Hall–Kier alpha value is -4.77. The van der Waals surface area contributed by atoms with Gasteiger partial charge in [-0.05, 0) is 36.8 Å². The number of hydrogen-bond acceptors (Lipinski definition) is 5. The van der Waals surface area contributed by atoms with Crippen molar-refractivity contribution in [3.05, 3.63) is 101 Å². The number of carbonyl (C=O) groups is 4. The number of urea groups is 1. The molecular formula is C27H22N4O4. The van der Waals surface area contributed by atoms with Crippen molar-refractivity contribution in [2.45, 2.75) is 18.9 Å². The van der Waals surface area contributed by atoms with Gasteiger partial charge in [0.05, 0.1) is 17.3 Å². The van der Waals surface area contributed by atoms with Gasteiger partial charge in [0.1, 0.15) is 5.54 Å². The third-order valence-electron chi connectivity index (χ3n) is 5.91. The second-order valence-electron chi connectivity index (χ2n) is 8.24. The van der Waals surface area contributed by atoms with Gasteiger partial charge in [0, 0.05) is 24.1 Å². The summed E-state index contributed by atoms with van der Waals surface area (Å²) in [6, 6.07) is 23.2. The highest BCUT2D eigenvalue weighted by Gasteiger charge is 2.48. The molecule has 1 saturated heterocycles. The summed E-state index contributed by atoms with van der Waals surface area (Å²) in [4.78, 5) is 52.1. The molecule has 0 saturated carbocycles. The summed E-state index contributed by atoms with van der Waals surface area (Å²) in [5.41, 5.74) is 0.872. The Balaban J connectivity index is 1.43. The highest BCUT2D eigenvalue weighted by Crippen LogP contribution is 2.29. The predicted molar refractivity (Wildman–Crippen MR) is 128 cm³/mol. The second-order valence-corrected chi connectivity index (χ2v) is 8.24. The van der Waals surface area contributed by atoms with E-state index in [-0.39, 0.29) is 18.7 Å². The van der Waals surface area contributed by atoms with E-state index in [1.165, 1.54) is 0 Å². The number of amides is 4. The van der Waals surface area contributed by atoms with E-state index in [2.05, 4.69) is 10.6 Å². The summed E-state index contributed by atoms with van der Waals surface area (Å²) in [7, 11) is 0. The van der Waals surface area contributed by atoms with Crippen LogP contribution in [0.15, 0.2) is 78.9 Å². The van der Waals surface area contributed by atoms with Crippen LogP contribution in [0, 0.1) is 11.3 Å². The first-order valence-corrected chi connectivity index (χ1v) is 11.0. The summed E-state index contributed by atoms with van der Waals surface area (Å²) in [6.45, 7) is 1.46. The molecule has 4 rings (SSSR count). The van der Waals surface area contributed by atoms with Crippen molar-refractivity contribution in [3.8, 4) is 6.07 Å². The number of carbonyl (C=O) groups excluding carboxylic acids is 4. The number of imide groups is 1. The first-order chi connectivity index (χ1) is 16.8. The highest BCUT2D eigenvalue weighted by atomic mass is 16.2. The third-order valence-corrected chi connectivity index (χ3v) is 5.91. The van der Waals surface area contributed by atoms with Crippen molar-refractivity contribution in [3.63, 3.8) is 0 Å². The molecule has 1 atom stereocenters. The van der Waals surface area contributed by atoms with Crippen LogP contribution >= 0.6 is 0 Å². The van der Waals surface area contributed by atoms with Crippen LogP contribution in [0.4, 0.5) is 10.5 Å². The lowest BCUT2D eigenvalue weighted by Crippen LogP contribution is -2.41. The van der Waals surface area contributed by atoms with Crippen molar-refractivity contribution in [1.29, 1.82) is 5.26 Å². The maximum atomic E-state index is 13.1. The lowest BCUT2D eigenvalue weighted by Gasteiger charge is -2.22. The fourth-order valence-electron chi connectivity index (χ4n) is 3.93. The lowest BCUT2D eigenvalue weighted by molar-refractivity contribution is -0.131. The third kappa shape index (κ3) is 4.66. The van der Waals surface area contributed by atoms with E-state index in [4.69, 9.17) is 5.26 Å². The van der Waals surface area contributed by atoms with E-state index in [9.17, 15) is 19.2 Å². The van der Waals surface area contributed by atoms with Gasteiger partial charge >= 0.3 is 6.03 Å². The number of hydrogen-bond donors (Lipinski definition) is 2. The SMILES string of the molecule is C[C@@]1(c2ccc(C#N)cc2)NC(=O)N(CCC(=O)Nc2ccccc2C(=O)c2ccccc2)C1=O. The van der Waals surface area contributed by atoms with Crippen molar-refractivity contribution in [1.82, 2.24) is 10.2 Å². The molecule has 174 valence electrons. The molecule has 1 aliphatic heterocycles. The Bertz CT molecular complexity index is 1350. The Labute approximate surface area is 202 Å². The summed E-state index contributed by atoms with van der Waals surface area (Å²) < 4.78 is 0. The predicted octanol–water partition coefficient (Wildman–Crippen LogP) is 3.59. The zero-order chi connectivity index (χ0) is 25.0. The Kier molecular flexibility index (Phi) is 6.42. The summed E-state index contributed by atoms with van der Waals surface area (Å²) in [5, 5.41) is 14.4. The fraction of sp³-hybridized carbons (Fsp3) is 0.148. The van der Waals surface area contributed by atoms with Crippen LogP contribution in [0.25, 0.3) is 0 Å². The minimum atomic E-state index is -1.30. The topological polar surface area (TPSA) is 119 Å². The monoisotopic (exact) mass is 466 g/mol. The molecule has 0 radical (unpaired) electrons. The molecular weight excluding hydrogens is 444 g/mol. The summed E-state index contributed by atoms with van der Waals surface area (Å²) in [6.07, 6.45) is -0.142. The molecule has 0 aromatic heterocycles. The molecule has 2 N–H and O–H groups in total. The van der Waals surface area contributed by atoms with Crippen LogP contribution in [0.2, 0.25) is 0 Å². The van der Waals surface area contributed by atoms with Crippen molar-refractivity contribution in [2.24, 2.45) is 0 Å². The number of ketones is 1. The van der Waals surface area contributed by atoms with Gasteiger partial charge in [-0.2, -0.15) is 5.26 Å². The van der Waals surface area contributed by atoms with E-state index < -0.39 is 23.4 Å². The molecule has 4 amide bonds. The maximum absolute atomic E-state index is 13.1. The van der Waals surface area contributed by atoms with Crippen LogP contribution in [0.5, 0.6) is 0 Å². The van der Waals surface area contributed by atoms with E-state index >= 15 is 0 Å². The smallest absolute Gasteiger partial charge is 0.325 e. The van der Waals surface area contributed by atoms with E-state index in [1.807, 2.05) is 12.1 Å². The van der Waals surface area contributed by atoms with Gasteiger partial charge in [-0.3, -0.25) is 19.3 Å². The summed E-state index contributed by atoms with van der Waals surface area (Å²) >= 11 is 0. The molecule has 1 heterocycles. The number of benzene rings is 3. The van der Waals surface area contributed by atoms with E-state index in [0.29, 0.717) is 27.9 Å². The number of nitrogens with one attached hydrogen (secondary N) is 2. The van der Waals surface area contributed by atoms with Gasteiger partial charge < -0.3 is 10.6 Å². The Morgan fingerprint density at radius 2 is 1.63 bits per heavy atom. The van der Waals surface area contributed by atoms with Gasteiger partial charge in [0.2, 0.25) is 5.91 Å². The average Bonchev–Trinajstić information content (AvgIpc) is 3.11. The molecule has 0 bridgehead atoms. The average molecular weight is 466 g/mol. The second kappa shape index (κ2) is 9.61. The molecule has 0 aliphatic carbocycles. The van der Waals surface area contributed by atoms with Gasteiger partial charge in [-0.25, -0.2) is 4.79 Å². The fourth-order valence-corrected chi connectivity index (χ4v) is 3.93. The quantitative estimate of drug-likeness (QED) is 0.407. The molecule has 0 unspecified atom stereocenters. The zero-order valence-electron chi connectivity index (χ0n) is 18.9. The van der Waals surface area contributed by atoms with E-state index in [0.717, 1.165) is 4.90 Å². The number of para-hydroxylation sites is 1. The largest absolute Gasteiger partial charge is 0.325 e. The molecule has 1 aliphatic rings. The van der Waals surface area contributed by atoms with E-state index in [1.54, 1.807) is 79.7 Å². The zero-order valence-corrected chi connectivity index (χ0v) is 18.9. The normalized spacial score (nSPS) is 17.0. The van der Waals surface area contributed by atoms with Crippen LogP contribution in [0.3, 0.4) is 0 Å². The molecule has 35 heavy (non-hydrogen) atoms. The van der Waals surface area contributed by atoms with Crippen LogP contribution in [0.1, 0.15) is 40.4 Å². The number of rotatable bonds is 7. The number of nitriles is 1. The first kappa shape index (κ1) is 23.4.